The first-order chi connectivity index (χ1) is 13.6. The van der Waals surface area contributed by atoms with Crippen LogP contribution in [0.4, 0.5) is 5.82 Å². The largest absolute Gasteiger partial charge is 0.496 e. The van der Waals surface area contributed by atoms with Crippen LogP contribution in [-0.4, -0.2) is 41.3 Å². The third-order valence-electron chi connectivity index (χ3n) is 4.19. The van der Waals surface area contributed by atoms with E-state index in [-0.39, 0.29) is 12.5 Å². The van der Waals surface area contributed by atoms with Crippen LogP contribution < -0.4 is 10.1 Å². The summed E-state index contributed by atoms with van der Waals surface area (Å²) >= 11 is 0. The number of benzene rings is 2. The van der Waals surface area contributed by atoms with E-state index in [1.165, 1.54) is 6.20 Å². The van der Waals surface area contributed by atoms with Crippen molar-refractivity contribution in [1.82, 2.24) is 14.7 Å². The molecule has 0 bridgehead atoms. The lowest BCUT2D eigenvalue weighted by atomic mass is 10.2. The molecule has 2 aromatic carbocycles. The van der Waals surface area contributed by atoms with Crippen LogP contribution in [-0.2, 0) is 11.3 Å². The molecule has 0 fully saturated rings. The van der Waals surface area contributed by atoms with Crippen LogP contribution in [0.5, 0.6) is 5.75 Å². The Hall–Kier alpha value is -3.63. The fraction of sp³-hybridized carbons (Fsp3) is 0.190. The molecule has 0 atom stereocenters. The SMILES string of the molecule is COc1ccccc1CN(C)CC(=O)Nc1c(C#N)cnn1-c1ccccc1. The number of methoxy groups -OCH3 is 1. The third kappa shape index (κ3) is 4.37. The normalized spacial score (nSPS) is 10.5. The summed E-state index contributed by atoms with van der Waals surface area (Å²) in [4.78, 5) is 14.5. The second-order valence-corrected chi connectivity index (χ2v) is 6.30. The molecule has 1 heterocycles. The molecule has 1 amide bonds. The topological polar surface area (TPSA) is 83.2 Å². The smallest absolute Gasteiger partial charge is 0.239 e. The van der Waals surface area contributed by atoms with Crippen molar-refractivity contribution in [3.8, 4) is 17.5 Å². The third-order valence-corrected chi connectivity index (χ3v) is 4.19. The van der Waals surface area contributed by atoms with Gasteiger partial charge in [0.2, 0.25) is 5.91 Å². The van der Waals surface area contributed by atoms with Gasteiger partial charge in [0.1, 0.15) is 17.4 Å². The van der Waals surface area contributed by atoms with Gasteiger partial charge in [-0.25, -0.2) is 4.68 Å². The summed E-state index contributed by atoms with van der Waals surface area (Å²) < 4.78 is 6.91. The Labute approximate surface area is 163 Å². The summed E-state index contributed by atoms with van der Waals surface area (Å²) in [5.74, 6) is 0.916. The van der Waals surface area contributed by atoms with E-state index in [2.05, 4.69) is 16.5 Å². The summed E-state index contributed by atoms with van der Waals surface area (Å²) in [6.45, 7) is 0.712. The second kappa shape index (κ2) is 8.84. The number of rotatable bonds is 7. The zero-order valence-corrected chi connectivity index (χ0v) is 15.8. The van der Waals surface area contributed by atoms with E-state index in [4.69, 9.17) is 4.74 Å². The van der Waals surface area contributed by atoms with Crippen molar-refractivity contribution >= 4 is 11.7 Å². The van der Waals surface area contributed by atoms with Crippen LogP contribution >= 0.6 is 0 Å². The van der Waals surface area contributed by atoms with Gasteiger partial charge in [-0.1, -0.05) is 36.4 Å². The molecule has 1 aromatic heterocycles. The lowest BCUT2D eigenvalue weighted by Crippen LogP contribution is -2.30. The Morgan fingerprint density at radius 3 is 2.64 bits per heavy atom. The Morgan fingerprint density at radius 1 is 1.21 bits per heavy atom. The van der Waals surface area contributed by atoms with Gasteiger partial charge in [0.05, 0.1) is 25.5 Å². The quantitative estimate of drug-likeness (QED) is 0.687. The molecule has 1 N–H and O–H groups in total. The van der Waals surface area contributed by atoms with E-state index in [0.29, 0.717) is 17.9 Å². The molecule has 0 unspecified atom stereocenters. The highest BCUT2D eigenvalue weighted by atomic mass is 16.5. The van der Waals surface area contributed by atoms with Gasteiger partial charge in [-0.3, -0.25) is 9.69 Å². The average Bonchev–Trinajstić information content (AvgIpc) is 3.11. The lowest BCUT2D eigenvalue weighted by Gasteiger charge is -2.18. The van der Waals surface area contributed by atoms with Crippen LogP contribution in [0.25, 0.3) is 5.69 Å². The number of carbonyl (C=O) groups is 1. The molecule has 0 spiro atoms. The van der Waals surface area contributed by atoms with E-state index < -0.39 is 0 Å². The van der Waals surface area contributed by atoms with Crippen LogP contribution in [0.1, 0.15) is 11.1 Å². The second-order valence-electron chi connectivity index (χ2n) is 6.30. The first-order valence-electron chi connectivity index (χ1n) is 8.76. The maximum absolute atomic E-state index is 12.6. The monoisotopic (exact) mass is 375 g/mol. The van der Waals surface area contributed by atoms with E-state index >= 15 is 0 Å². The molecule has 142 valence electrons. The number of hydrogen-bond donors (Lipinski definition) is 1. The number of aromatic nitrogens is 2. The van der Waals surface area contributed by atoms with Gasteiger partial charge < -0.3 is 10.1 Å². The Morgan fingerprint density at radius 2 is 1.93 bits per heavy atom. The van der Waals surface area contributed by atoms with Crippen LogP contribution in [0, 0.1) is 11.3 Å². The fourth-order valence-corrected chi connectivity index (χ4v) is 2.91. The zero-order valence-electron chi connectivity index (χ0n) is 15.8. The summed E-state index contributed by atoms with van der Waals surface area (Å²) in [6.07, 6.45) is 1.45. The van der Waals surface area contributed by atoms with E-state index in [1.807, 2.05) is 66.5 Å². The molecule has 28 heavy (non-hydrogen) atoms. The van der Waals surface area contributed by atoms with E-state index in [0.717, 1.165) is 17.0 Å². The number of anilines is 1. The molecule has 7 nitrogen and oxygen atoms in total. The summed E-state index contributed by atoms with van der Waals surface area (Å²) in [5, 5.41) is 16.4. The minimum Gasteiger partial charge on any atom is -0.496 e. The number of nitrogens with one attached hydrogen (secondary N) is 1. The molecule has 0 aliphatic rings. The zero-order chi connectivity index (χ0) is 19.9. The van der Waals surface area contributed by atoms with Gasteiger partial charge in [0.25, 0.3) is 0 Å². The number of nitriles is 1. The van der Waals surface area contributed by atoms with Crippen LogP contribution in [0.15, 0.2) is 60.8 Å². The molecule has 0 saturated heterocycles. The standard InChI is InChI=1S/C21H21N5O2/c1-25(14-16-8-6-7-11-19(16)28-2)15-20(27)24-21-17(12-22)13-23-26(21)18-9-4-3-5-10-18/h3-11,13H,14-15H2,1-2H3,(H,24,27). The van der Waals surface area contributed by atoms with Crippen molar-refractivity contribution < 1.29 is 9.53 Å². The van der Waals surface area contributed by atoms with E-state index in [1.54, 1.807) is 11.8 Å². The Bertz CT molecular complexity index is 992. The Kier molecular flexibility index (Phi) is 6.04. The van der Waals surface area contributed by atoms with Crippen molar-refractivity contribution in [2.24, 2.45) is 0 Å². The molecular weight excluding hydrogens is 354 g/mol. The maximum atomic E-state index is 12.6. The molecule has 3 aromatic rings. The maximum Gasteiger partial charge on any atom is 0.239 e. The number of nitrogens with zero attached hydrogens (tertiary/aromatic N) is 4. The van der Waals surface area contributed by atoms with Crippen molar-refractivity contribution in [3.05, 3.63) is 71.9 Å². The van der Waals surface area contributed by atoms with Crippen LogP contribution in [0.2, 0.25) is 0 Å². The average molecular weight is 375 g/mol. The summed E-state index contributed by atoms with van der Waals surface area (Å²) in [5.41, 5.74) is 2.07. The predicted molar refractivity (Wildman–Crippen MR) is 106 cm³/mol. The van der Waals surface area contributed by atoms with Crippen molar-refractivity contribution in [2.45, 2.75) is 6.54 Å². The molecule has 0 aliphatic carbocycles. The molecule has 0 radical (unpaired) electrons. The van der Waals surface area contributed by atoms with E-state index in [9.17, 15) is 10.1 Å². The molecule has 0 aliphatic heterocycles. The summed E-state index contributed by atoms with van der Waals surface area (Å²) in [7, 11) is 3.48. The molecule has 3 rings (SSSR count). The van der Waals surface area contributed by atoms with Gasteiger partial charge in [-0.05, 0) is 25.2 Å². The van der Waals surface area contributed by atoms with Crippen molar-refractivity contribution in [2.75, 3.05) is 26.0 Å². The molecule has 0 saturated carbocycles. The van der Waals surface area contributed by atoms with Gasteiger partial charge in [0.15, 0.2) is 5.82 Å². The fourth-order valence-electron chi connectivity index (χ4n) is 2.91. The van der Waals surface area contributed by atoms with Gasteiger partial charge in [-0.15, -0.1) is 0 Å². The number of likely N-dealkylation sites (N-methyl/N-ethyl adjacent to an activating group) is 1. The van der Waals surface area contributed by atoms with Gasteiger partial charge in [-0.2, -0.15) is 10.4 Å². The highest BCUT2D eigenvalue weighted by Gasteiger charge is 2.16. The number of hydrogen-bond acceptors (Lipinski definition) is 5. The first kappa shape index (κ1) is 19.1. The number of amides is 1. The summed E-state index contributed by atoms with van der Waals surface area (Å²) in [6, 6.07) is 19.1. The van der Waals surface area contributed by atoms with Crippen LogP contribution in [0.3, 0.4) is 0 Å². The number of para-hydroxylation sites is 2. The number of carbonyl (C=O) groups excluding carboxylic acids is 1. The van der Waals surface area contributed by atoms with Crippen molar-refractivity contribution in [3.63, 3.8) is 0 Å². The predicted octanol–water partition coefficient (Wildman–Crippen LogP) is 2.82. The number of ether oxygens (including phenoxy) is 1. The minimum atomic E-state index is -0.230. The first-order valence-corrected chi connectivity index (χ1v) is 8.76. The minimum absolute atomic E-state index is 0.156. The van der Waals surface area contributed by atoms with Crippen molar-refractivity contribution in [1.29, 1.82) is 5.26 Å². The molecular formula is C21H21N5O2. The molecule has 7 heteroatoms. The van der Waals surface area contributed by atoms with Gasteiger partial charge >= 0.3 is 0 Å². The Balaban J connectivity index is 1.71. The lowest BCUT2D eigenvalue weighted by molar-refractivity contribution is -0.117. The highest BCUT2D eigenvalue weighted by Crippen LogP contribution is 2.20. The van der Waals surface area contributed by atoms with Gasteiger partial charge in [0, 0.05) is 12.1 Å². The highest BCUT2D eigenvalue weighted by molar-refractivity contribution is 5.92.